The average Bonchev–Trinajstić information content (AvgIpc) is 2.79. The first kappa shape index (κ1) is 19.7. The molecule has 0 spiro atoms. The Hall–Kier alpha value is -2.24. The van der Waals surface area contributed by atoms with Crippen LogP contribution in [-0.4, -0.2) is 52.4 Å². The van der Waals surface area contributed by atoms with E-state index in [1.54, 1.807) is 12.4 Å². The van der Waals surface area contributed by atoms with E-state index >= 15 is 0 Å². The number of aromatic nitrogens is 1. The van der Waals surface area contributed by atoms with Crippen LogP contribution in [-0.2, 0) is 11.2 Å². The Morgan fingerprint density at radius 2 is 1.87 bits per heavy atom. The molecule has 5 rings (SSSR count). The average molecular weight is 405 g/mol. The summed E-state index contributed by atoms with van der Waals surface area (Å²) in [5.41, 5.74) is 8.87. The lowest BCUT2D eigenvalue weighted by Crippen LogP contribution is -2.61. The van der Waals surface area contributed by atoms with Gasteiger partial charge in [0.25, 0.3) is 0 Å². The molecular formula is C25H32N4O. The number of amides is 1. The van der Waals surface area contributed by atoms with Gasteiger partial charge in [-0.3, -0.25) is 14.7 Å². The molecule has 4 heterocycles. The molecule has 1 aromatic carbocycles. The van der Waals surface area contributed by atoms with Crippen LogP contribution >= 0.6 is 0 Å². The van der Waals surface area contributed by atoms with Gasteiger partial charge >= 0.3 is 0 Å². The Morgan fingerprint density at radius 1 is 1.07 bits per heavy atom. The van der Waals surface area contributed by atoms with Crippen molar-refractivity contribution in [2.45, 2.75) is 50.2 Å². The van der Waals surface area contributed by atoms with Crippen LogP contribution in [0.2, 0.25) is 0 Å². The van der Waals surface area contributed by atoms with Crippen molar-refractivity contribution in [1.82, 2.24) is 14.8 Å². The number of nitrogens with two attached hydrogens (primary N) is 1. The molecule has 0 unspecified atom stereocenters. The van der Waals surface area contributed by atoms with Crippen molar-refractivity contribution >= 4 is 5.91 Å². The highest BCUT2D eigenvalue weighted by Gasteiger charge is 2.46. The van der Waals surface area contributed by atoms with E-state index in [1.165, 1.54) is 31.2 Å². The third kappa shape index (κ3) is 3.88. The molecule has 5 atom stereocenters. The van der Waals surface area contributed by atoms with E-state index in [2.05, 4.69) is 45.1 Å². The minimum absolute atomic E-state index is 0.116. The highest BCUT2D eigenvalue weighted by molar-refractivity contribution is 5.82. The standard InChI is InChI=1S/C25H32N4O/c26-22(14-18-9-11-27-12-10-18)25(30)28-15-19-13-21(17-28)24-8-4-7-23(29(24)16-19)20-5-2-1-3-6-20/h1-3,5-6,9-12,19,21-24H,4,7-8,13-17,26H2/t19-,21+,22+,23+,24-/m0/s1. The Kier molecular flexibility index (Phi) is 5.57. The van der Waals surface area contributed by atoms with E-state index in [4.69, 9.17) is 5.73 Å². The van der Waals surface area contributed by atoms with Crippen LogP contribution in [0.5, 0.6) is 0 Å². The van der Waals surface area contributed by atoms with Gasteiger partial charge < -0.3 is 10.6 Å². The number of pyridine rings is 1. The molecule has 2 aromatic rings. The molecular weight excluding hydrogens is 372 g/mol. The fourth-order valence-electron chi connectivity index (χ4n) is 6.12. The first-order chi connectivity index (χ1) is 14.7. The third-order valence-electron chi connectivity index (χ3n) is 7.40. The number of piperidine rings is 3. The summed E-state index contributed by atoms with van der Waals surface area (Å²) in [5.74, 6) is 1.24. The summed E-state index contributed by atoms with van der Waals surface area (Å²) in [5, 5.41) is 0. The molecule has 3 fully saturated rings. The molecule has 1 amide bonds. The van der Waals surface area contributed by atoms with E-state index in [1.807, 2.05) is 12.1 Å². The van der Waals surface area contributed by atoms with E-state index in [9.17, 15) is 4.79 Å². The number of carbonyl (C=O) groups is 1. The smallest absolute Gasteiger partial charge is 0.239 e. The second kappa shape index (κ2) is 8.48. The second-order valence-corrected chi connectivity index (χ2v) is 9.39. The molecule has 5 heteroatoms. The second-order valence-electron chi connectivity index (χ2n) is 9.39. The summed E-state index contributed by atoms with van der Waals surface area (Å²) in [6.07, 6.45) is 9.14. The van der Waals surface area contributed by atoms with Gasteiger partial charge in [0.2, 0.25) is 5.91 Å². The SMILES string of the molecule is N[C@H](Cc1ccncc1)C(=O)N1C[C@@H]2C[C@H](C1)[C@@H]1CCC[C@H](c3ccccc3)N1C2. The fourth-order valence-corrected chi connectivity index (χ4v) is 6.12. The number of benzene rings is 1. The molecule has 3 aliphatic rings. The molecule has 1 aromatic heterocycles. The number of nitrogens with zero attached hydrogens (tertiary/aromatic N) is 3. The predicted molar refractivity (Wildman–Crippen MR) is 118 cm³/mol. The van der Waals surface area contributed by atoms with Crippen molar-refractivity contribution in [1.29, 1.82) is 0 Å². The van der Waals surface area contributed by atoms with Gasteiger partial charge in [-0.25, -0.2) is 0 Å². The molecule has 2 N–H and O–H groups in total. The molecule has 2 bridgehead atoms. The minimum atomic E-state index is -0.467. The van der Waals surface area contributed by atoms with E-state index in [0.29, 0.717) is 30.3 Å². The number of carbonyl (C=O) groups excluding carboxylic acids is 1. The summed E-state index contributed by atoms with van der Waals surface area (Å²) >= 11 is 0. The maximum absolute atomic E-state index is 13.2. The van der Waals surface area contributed by atoms with Gasteiger partial charge in [-0.15, -0.1) is 0 Å². The van der Waals surface area contributed by atoms with Gasteiger partial charge in [-0.05, 0) is 67.2 Å². The summed E-state index contributed by atoms with van der Waals surface area (Å²) in [4.78, 5) is 22.1. The molecule has 0 radical (unpaired) electrons. The van der Waals surface area contributed by atoms with Gasteiger partial charge in [-0.2, -0.15) is 0 Å². The van der Waals surface area contributed by atoms with E-state index < -0.39 is 6.04 Å². The molecule has 3 aliphatic heterocycles. The molecule has 0 saturated carbocycles. The van der Waals surface area contributed by atoms with Crippen molar-refractivity contribution in [3.8, 4) is 0 Å². The molecule has 0 aliphatic carbocycles. The van der Waals surface area contributed by atoms with Crippen LogP contribution in [0.15, 0.2) is 54.9 Å². The van der Waals surface area contributed by atoms with Crippen molar-refractivity contribution in [2.75, 3.05) is 19.6 Å². The van der Waals surface area contributed by atoms with Crippen molar-refractivity contribution < 1.29 is 4.79 Å². The summed E-state index contributed by atoms with van der Waals surface area (Å²) in [6.45, 7) is 2.82. The molecule has 3 saturated heterocycles. The maximum atomic E-state index is 13.2. The lowest BCUT2D eigenvalue weighted by atomic mass is 9.73. The molecule has 5 nitrogen and oxygen atoms in total. The fraction of sp³-hybridized carbons (Fsp3) is 0.520. The largest absolute Gasteiger partial charge is 0.341 e. The van der Waals surface area contributed by atoms with Crippen LogP contribution in [0.25, 0.3) is 0 Å². The summed E-state index contributed by atoms with van der Waals surface area (Å²) in [6, 6.07) is 15.5. The Morgan fingerprint density at radius 3 is 2.67 bits per heavy atom. The van der Waals surface area contributed by atoms with Gasteiger partial charge in [0.15, 0.2) is 0 Å². The Bertz CT molecular complexity index is 858. The van der Waals surface area contributed by atoms with E-state index in [0.717, 1.165) is 25.2 Å². The quantitative estimate of drug-likeness (QED) is 0.851. The summed E-state index contributed by atoms with van der Waals surface area (Å²) in [7, 11) is 0. The lowest BCUT2D eigenvalue weighted by molar-refractivity contribution is -0.140. The predicted octanol–water partition coefficient (Wildman–Crippen LogP) is 3.03. The number of hydrogen-bond acceptors (Lipinski definition) is 4. The van der Waals surface area contributed by atoms with Gasteiger partial charge in [0.1, 0.15) is 0 Å². The zero-order chi connectivity index (χ0) is 20.5. The monoisotopic (exact) mass is 404 g/mol. The number of likely N-dealkylation sites (tertiary alicyclic amines) is 1. The van der Waals surface area contributed by atoms with Crippen molar-refractivity contribution in [3.63, 3.8) is 0 Å². The maximum Gasteiger partial charge on any atom is 0.239 e. The summed E-state index contributed by atoms with van der Waals surface area (Å²) < 4.78 is 0. The molecule has 158 valence electrons. The minimum Gasteiger partial charge on any atom is -0.341 e. The van der Waals surface area contributed by atoms with Crippen LogP contribution in [0, 0.1) is 11.8 Å². The Balaban J connectivity index is 1.28. The number of hydrogen-bond donors (Lipinski definition) is 1. The van der Waals surface area contributed by atoms with Gasteiger partial charge in [0.05, 0.1) is 6.04 Å². The first-order valence-corrected chi connectivity index (χ1v) is 11.4. The topological polar surface area (TPSA) is 62.5 Å². The highest BCUT2D eigenvalue weighted by Crippen LogP contribution is 2.44. The van der Waals surface area contributed by atoms with Gasteiger partial charge in [-0.1, -0.05) is 30.3 Å². The molecule has 30 heavy (non-hydrogen) atoms. The zero-order valence-corrected chi connectivity index (χ0v) is 17.6. The van der Waals surface area contributed by atoms with Crippen LogP contribution in [0.1, 0.15) is 42.9 Å². The van der Waals surface area contributed by atoms with Gasteiger partial charge in [0, 0.05) is 44.1 Å². The first-order valence-electron chi connectivity index (χ1n) is 11.4. The van der Waals surface area contributed by atoms with Crippen LogP contribution in [0.3, 0.4) is 0 Å². The number of fused-ring (bicyclic) bond motifs is 4. The van der Waals surface area contributed by atoms with E-state index in [-0.39, 0.29) is 5.91 Å². The van der Waals surface area contributed by atoms with Crippen molar-refractivity contribution in [3.05, 3.63) is 66.0 Å². The Labute approximate surface area is 179 Å². The normalized spacial score (nSPS) is 29.8. The zero-order valence-electron chi connectivity index (χ0n) is 17.6. The highest BCUT2D eigenvalue weighted by atomic mass is 16.2. The lowest BCUT2D eigenvalue weighted by Gasteiger charge is -2.55. The van der Waals surface area contributed by atoms with Crippen LogP contribution < -0.4 is 5.73 Å². The van der Waals surface area contributed by atoms with Crippen molar-refractivity contribution in [2.24, 2.45) is 17.6 Å². The third-order valence-corrected chi connectivity index (χ3v) is 7.40. The number of rotatable bonds is 4. The van der Waals surface area contributed by atoms with Crippen LogP contribution in [0.4, 0.5) is 0 Å².